The first-order chi connectivity index (χ1) is 7.99. The first-order valence-electron chi connectivity index (χ1n) is 6.49. The molecule has 0 heterocycles. The van der Waals surface area contributed by atoms with Gasteiger partial charge in [-0.15, -0.1) is 0 Å². The first-order valence-corrected chi connectivity index (χ1v) is 7.54. The van der Waals surface area contributed by atoms with Gasteiger partial charge in [-0.25, -0.2) is 0 Å². The fourth-order valence-electron chi connectivity index (χ4n) is 2.53. The second-order valence-corrected chi connectivity index (χ2v) is 7.36. The Kier molecular flexibility index (Phi) is 5.82. The number of nitrogens with zero attached hydrogens (tertiary/aromatic N) is 1. The summed E-state index contributed by atoms with van der Waals surface area (Å²) in [5.41, 5.74) is 0.375. The molecule has 3 atom stereocenters. The predicted octanol–water partition coefficient (Wildman–Crippen LogP) is 3.72. The van der Waals surface area contributed by atoms with E-state index in [1.807, 2.05) is 11.8 Å². The van der Waals surface area contributed by atoms with Gasteiger partial charge in [-0.2, -0.15) is 17.0 Å². The van der Waals surface area contributed by atoms with Crippen molar-refractivity contribution in [2.75, 3.05) is 19.5 Å². The van der Waals surface area contributed by atoms with Crippen LogP contribution in [0.1, 0.15) is 40.0 Å². The van der Waals surface area contributed by atoms with Gasteiger partial charge in [0.25, 0.3) is 0 Å². The van der Waals surface area contributed by atoms with E-state index in [9.17, 15) is 5.26 Å². The van der Waals surface area contributed by atoms with Crippen LogP contribution in [0.15, 0.2) is 0 Å². The van der Waals surface area contributed by atoms with E-state index in [2.05, 4.69) is 26.8 Å². The van der Waals surface area contributed by atoms with E-state index in [0.29, 0.717) is 10.7 Å². The van der Waals surface area contributed by atoms with Gasteiger partial charge in [0, 0.05) is 18.1 Å². The van der Waals surface area contributed by atoms with Crippen molar-refractivity contribution in [3.63, 3.8) is 0 Å². The molecule has 0 amide bonds. The topological polar surface area (TPSA) is 33.0 Å². The van der Waals surface area contributed by atoms with Crippen LogP contribution in [0, 0.1) is 28.6 Å². The van der Waals surface area contributed by atoms with Gasteiger partial charge in [0.2, 0.25) is 0 Å². The van der Waals surface area contributed by atoms with Crippen LogP contribution in [0.2, 0.25) is 0 Å². The van der Waals surface area contributed by atoms with E-state index in [4.69, 9.17) is 4.74 Å². The quantitative estimate of drug-likeness (QED) is 0.718. The summed E-state index contributed by atoms with van der Waals surface area (Å²) >= 11 is 1.93. The van der Waals surface area contributed by atoms with Gasteiger partial charge in [-0.1, -0.05) is 20.8 Å². The average molecular weight is 255 g/mol. The summed E-state index contributed by atoms with van der Waals surface area (Å²) in [6.45, 7) is 7.75. The Hall–Kier alpha value is -0.200. The van der Waals surface area contributed by atoms with Crippen LogP contribution in [0.25, 0.3) is 0 Å². The maximum atomic E-state index is 9.21. The minimum absolute atomic E-state index is 0.246. The largest absolute Gasteiger partial charge is 0.384 e. The Labute approximate surface area is 110 Å². The average Bonchev–Trinajstić information content (AvgIpc) is 2.28. The van der Waals surface area contributed by atoms with Crippen LogP contribution in [0.4, 0.5) is 0 Å². The number of hydrogen-bond acceptors (Lipinski definition) is 3. The molecule has 1 aliphatic rings. The lowest BCUT2D eigenvalue weighted by Crippen LogP contribution is -2.33. The molecule has 0 aliphatic heterocycles. The third kappa shape index (κ3) is 4.52. The Morgan fingerprint density at radius 3 is 2.59 bits per heavy atom. The summed E-state index contributed by atoms with van der Waals surface area (Å²) in [4.78, 5) is 0. The van der Waals surface area contributed by atoms with Gasteiger partial charge in [0.1, 0.15) is 0 Å². The lowest BCUT2D eigenvalue weighted by molar-refractivity contribution is 0.168. The Bertz CT molecular complexity index is 266. The van der Waals surface area contributed by atoms with Gasteiger partial charge in [-0.05, 0) is 30.6 Å². The van der Waals surface area contributed by atoms with Crippen LogP contribution in [0.5, 0.6) is 0 Å². The van der Waals surface area contributed by atoms with E-state index in [0.717, 1.165) is 24.7 Å². The monoisotopic (exact) mass is 255 g/mol. The fraction of sp³-hybridized carbons (Fsp3) is 0.929. The molecule has 3 unspecified atom stereocenters. The lowest BCUT2D eigenvalue weighted by atomic mass is 9.70. The Balaban J connectivity index is 2.53. The molecule has 0 aromatic heterocycles. The first kappa shape index (κ1) is 14.9. The molecule has 0 bridgehead atoms. The molecule has 1 aliphatic carbocycles. The molecule has 2 nitrogen and oxygen atoms in total. The third-order valence-electron chi connectivity index (χ3n) is 3.80. The lowest BCUT2D eigenvalue weighted by Gasteiger charge is -2.39. The second-order valence-electron chi connectivity index (χ2n) is 6.01. The fourth-order valence-corrected chi connectivity index (χ4v) is 3.89. The molecule has 98 valence electrons. The summed E-state index contributed by atoms with van der Waals surface area (Å²) in [6.07, 6.45) is 3.47. The van der Waals surface area contributed by atoms with Gasteiger partial charge in [0.15, 0.2) is 0 Å². The van der Waals surface area contributed by atoms with Crippen molar-refractivity contribution in [1.82, 2.24) is 0 Å². The van der Waals surface area contributed by atoms with Crippen LogP contribution in [-0.4, -0.2) is 24.7 Å². The summed E-state index contributed by atoms with van der Waals surface area (Å²) in [7, 11) is 1.74. The number of rotatable bonds is 4. The minimum Gasteiger partial charge on any atom is -0.384 e. The number of thioether (sulfide) groups is 1. The van der Waals surface area contributed by atoms with E-state index in [1.54, 1.807) is 7.11 Å². The highest BCUT2D eigenvalue weighted by Crippen LogP contribution is 2.43. The maximum absolute atomic E-state index is 9.21. The molecule has 1 fully saturated rings. The van der Waals surface area contributed by atoms with Crippen molar-refractivity contribution in [1.29, 1.82) is 5.26 Å². The molecule has 3 heteroatoms. The van der Waals surface area contributed by atoms with Crippen LogP contribution in [0.3, 0.4) is 0 Å². The van der Waals surface area contributed by atoms with Crippen molar-refractivity contribution >= 4 is 11.8 Å². The zero-order valence-electron chi connectivity index (χ0n) is 11.5. The van der Waals surface area contributed by atoms with Crippen LogP contribution in [-0.2, 0) is 4.74 Å². The van der Waals surface area contributed by atoms with Gasteiger partial charge in [0.05, 0.1) is 18.6 Å². The molecule has 17 heavy (non-hydrogen) atoms. The van der Waals surface area contributed by atoms with E-state index < -0.39 is 0 Å². The van der Waals surface area contributed by atoms with Gasteiger partial charge < -0.3 is 4.74 Å². The van der Waals surface area contributed by atoms with Crippen molar-refractivity contribution < 1.29 is 4.74 Å². The molecule has 1 rings (SSSR count). The molecule has 0 radical (unpaired) electrons. The molecule has 0 spiro atoms. The van der Waals surface area contributed by atoms with Crippen LogP contribution >= 0.6 is 11.8 Å². The highest BCUT2D eigenvalue weighted by Gasteiger charge is 2.35. The number of ether oxygens (including phenoxy) is 1. The molecule has 0 aromatic rings. The normalized spacial score (nSPS) is 29.9. The van der Waals surface area contributed by atoms with Crippen molar-refractivity contribution in [3.8, 4) is 6.07 Å². The maximum Gasteiger partial charge on any atom is 0.0667 e. The van der Waals surface area contributed by atoms with Gasteiger partial charge in [-0.3, -0.25) is 0 Å². The standard InChI is InChI=1S/C14H25NOS/c1-14(2,3)12-6-5-11(10-15)13(9-12)17-8-7-16-4/h11-13H,5-9H2,1-4H3. The number of nitriles is 1. The molecular formula is C14H25NOS. The van der Waals surface area contributed by atoms with Crippen molar-refractivity contribution in [2.45, 2.75) is 45.3 Å². The number of hydrogen-bond donors (Lipinski definition) is 0. The third-order valence-corrected chi connectivity index (χ3v) is 5.15. The summed E-state index contributed by atoms with van der Waals surface area (Å²) in [6, 6.07) is 2.49. The SMILES string of the molecule is COCCSC1CC(C(C)(C)C)CCC1C#N. The minimum atomic E-state index is 0.246. The highest BCUT2D eigenvalue weighted by molar-refractivity contribution is 7.99. The van der Waals surface area contributed by atoms with E-state index in [1.165, 1.54) is 12.8 Å². The molecular weight excluding hydrogens is 230 g/mol. The smallest absolute Gasteiger partial charge is 0.0667 e. The summed E-state index contributed by atoms with van der Waals surface area (Å²) in [5.74, 6) is 2.01. The molecule has 1 saturated carbocycles. The summed E-state index contributed by atoms with van der Waals surface area (Å²) in [5, 5.41) is 9.72. The van der Waals surface area contributed by atoms with Gasteiger partial charge >= 0.3 is 0 Å². The van der Waals surface area contributed by atoms with Crippen LogP contribution < -0.4 is 0 Å². The zero-order valence-corrected chi connectivity index (χ0v) is 12.3. The Morgan fingerprint density at radius 1 is 1.35 bits per heavy atom. The van der Waals surface area contributed by atoms with E-state index >= 15 is 0 Å². The molecule has 0 aromatic carbocycles. The zero-order chi connectivity index (χ0) is 12.9. The van der Waals surface area contributed by atoms with E-state index in [-0.39, 0.29) is 5.92 Å². The molecule has 0 N–H and O–H groups in total. The van der Waals surface area contributed by atoms with Crippen molar-refractivity contribution in [3.05, 3.63) is 0 Å². The second kappa shape index (κ2) is 6.66. The Morgan fingerprint density at radius 2 is 2.06 bits per heavy atom. The predicted molar refractivity (Wildman–Crippen MR) is 74.0 cm³/mol. The molecule has 0 saturated heterocycles. The summed E-state index contributed by atoms with van der Waals surface area (Å²) < 4.78 is 5.09. The van der Waals surface area contributed by atoms with Crippen molar-refractivity contribution in [2.24, 2.45) is 17.3 Å². The highest BCUT2D eigenvalue weighted by atomic mass is 32.2. The number of methoxy groups -OCH3 is 1.